The molecule has 0 saturated heterocycles. The van der Waals surface area contributed by atoms with Crippen LogP contribution in [-0.4, -0.2) is 0 Å². The van der Waals surface area contributed by atoms with Gasteiger partial charge in [0.25, 0.3) is 0 Å². The Balaban J connectivity index is 1.43. The van der Waals surface area contributed by atoms with Gasteiger partial charge >= 0.3 is 0 Å². The van der Waals surface area contributed by atoms with Crippen molar-refractivity contribution in [2.24, 2.45) is 5.92 Å². The van der Waals surface area contributed by atoms with Crippen LogP contribution < -0.4 is 0 Å². The minimum Gasteiger partial charge on any atom is -0.0625 e. The second kappa shape index (κ2) is 7.71. The Morgan fingerprint density at radius 1 is 0.412 bits per heavy atom. The Morgan fingerprint density at radius 3 is 1.35 bits per heavy atom. The van der Waals surface area contributed by atoms with Crippen LogP contribution in [0.5, 0.6) is 0 Å². The van der Waals surface area contributed by atoms with E-state index in [0.717, 1.165) is 5.92 Å². The summed E-state index contributed by atoms with van der Waals surface area (Å²) in [6.45, 7) is 2.44. The van der Waals surface area contributed by atoms with Crippen molar-refractivity contribution < 1.29 is 0 Å². The molecular formula is C34H28. The molecule has 6 aromatic rings. The molecule has 0 heteroatoms. The average molecular weight is 437 g/mol. The SMILES string of the molecule is CC1CC(c2cccc3c2ccc2ccccc23)C(c2cccc3c2ccc2ccccc23)C1. The van der Waals surface area contributed by atoms with Crippen molar-refractivity contribution in [1.82, 2.24) is 0 Å². The average Bonchev–Trinajstić information content (AvgIpc) is 3.28. The van der Waals surface area contributed by atoms with E-state index in [0.29, 0.717) is 11.8 Å². The maximum atomic E-state index is 2.44. The quantitative estimate of drug-likeness (QED) is 0.237. The maximum absolute atomic E-state index is 2.44. The highest BCUT2D eigenvalue weighted by molar-refractivity contribution is 6.09. The molecule has 1 saturated carbocycles. The molecule has 34 heavy (non-hydrogen) atoms. The van der Waals surface area contributed by atoms with E-state index in [-0.39, 0.29) is 0 Å². The van der Waals surface area contributed by atoms with E-state index >= 15 is 0 Å². The first kappa shape index (κ1) is 19.8. The molecule has 6 aromatic carbocycles. The zero-order valence-electron chi connectivity index (χ0n) is 19.5. The zero-order chi connectivity index (χ0) is 22.6. The van der Waals surface area contributed by atoms with E-state index in [1.54, 1.807) is 0 Å². The largest absolute Gasteiger partial charge is 0.0625 e. The van der Waals surface area contributed by atoms with Crippen LogP contribution in [0.4, 0.5) is 0 Å². The van der Waals surface area contributed by atoms with Crippen LogP contribution in [0.25, 0.3) is 43.1 Å². The van der Waals surface area contributed by atoms with Crippen molar-refractivity contribution in [1.29, 1.82) is 0 Å². The first-order chi connectivity index (χ1) is 16.8. The van der Waals surface area contributed by atoms with Gasteiger partial charge in [0, 0.05) is 0 Å². The summed E-state index contributed by atoms with van der Waals surface area (Å²) in [5, 5.41) is 11.0. The van der Waals surface area contributed by atoms with Gasteiger partial charge < -0.3 is 0 Å². The molecule has 2 unspecified atom stereocenters. The number of rotatable bonds is 2. The summed E-state index contributed by atoms with van der Waals surface area (Å²) in [4.78, 5) is 0. The van der Waals surface area contributed by atoms with Crippen molar-refractivity contribution >= 4 is 43.1 Å². The van der Waals surface area contributed by atoms with Crippen LogP contribution in [0.3, 0.4) is 0 Å². The molecule has 0 amide bonds. The number of fused-ring (bicyclic) bond motifs is 6. The van der Waals surface area contributed by atoms with Crippen LogP contribution in [0.2, 0.25) is 0 Å². The molecule has 1 aliphatic carbocycles. The third-order valence-corrected chi connectivity index (χ3v) is 8.24. The van der Waals surface area contributed by atoms with Crippen LogP contribution in [0.1, 0.15) is 42.7 Å². The fraction of sp³-hybridized carbons (Fsp3) is 0.176. The third-order valence-electron chi connectivity index (χ3n) is 8.24. The highest BCUT2D eigenvalue weighted by Crippen LogP contribution is 2.52. The van der Waals surface area contributed by atoms with Crippen LogP contribution >= 0.6 is 0 Å². The van der Waals surface area contributed by atoms with Gasteiger partial charge in [0.1, 0.15) is 0 Å². The molecule has 0 nitrogen and oxygen atoms in total. The molecule has 1 aliphatic rings. The molecule has 164 valence electrons. The fourth-order valence-corrected chi connectivity index (χ4v) is 6.76. The van der Waals surface area contributed by atoms with E-state index in [1.165, 1.54) is 67.1 Å². The Labute approximate surface area is 200 Å². The second-order valence-corrected chi connectivity index (χ2v) is 10.2. The highest BCUT2D eigenvalue weighted by Gasteiger charge is 2.35. The van der Waals surface area contributed by atoms with Gasteiger partial charge in [-0.25, -0.2) is 0 Å². The van der Waals surface area contributed by atoms with Gasteiger partial charge in [0.05, 0.1) is 0 Å². The van der Waals surface area contributed by atoms with Gasteiger partial charge in [0.2, 0.25) is 0 Å². The van der Waals surface area contributed by atoms with Gasteiger partial charge in [-0.2, -0.15) is 0 Å². The predicted octanol–water partition coefficient (Wildman–Crippen LogP) is 9.60. The third kappa shape index (κ3) is 2.98. The lowest BCUT2D eigenvalue weighted by atomic mass is 9.80. The second-order valence-electron chi connectivity index (χ2n) is 10.2. The zero-order valence-corrected chi connectivity index (χ0v) is 19.5. The predicted molar refractivity (Wildman–Crippen MR) is 147 cm³/mol. The van der Waals surface area contributed by atoms with Gasteiger partial charge in [0.15, 0.2) is 0 Å². The molecule has 0 bridgehead atoms. The highest BCUT2D eigenvalue weighted by atomic mass is 14.4. The molecule has 0 aromatic heterocycles. The van der Waals surface area contributed by atoms with Gasteiger partial charge in [-0.05, 0) is 84.8 Å². The van der Waals surface area contributed by atoms with Crippen LogP contribution in [-0.2, 0) is 0 Å². The summed E-state index contributed by atoms with van der Waals surface area (Å²) in [5.74, 6) is 1.80. The monoisotopic (exact) mass is 436 g/mol. The molecule has 1 fully saturated rings. The van der Waals surface area contributed by atoms with Crippen molar-refractivity contribution in [3.05, 3.63) is 120 Å². The molecule has 0 heterocycles. The van der Waals surface area contributed by atoms with E-state index in [2.05, 4.69) is 116 Å². The summed E-state index contributed by atoms with van der Waals surface area (Å²) in [5.41, 5.74) is 3.05. The lowest BCUT2D eigenvalue weighted by Gasteiger charge is -2.24. The van der Waals surface area contributed by atoms with E-state index in [1.807, 2.05) is 0 Å². The Morgan fingerprint density at radius 2 is 0.853 bits per heavy atom. The molecule has 0 N–H and O–H groups in total. The van der Waals surface area contributed by atoms with Crippen molar-refractivity contribution in [2.75, 3.05) is 0 Å². The van der Waals surface area contributed by atoms with Crippen LogP contribution in [0, 0.1) is 5.92 Å². The van der Waals surface area contributed by atoms with Crippen molar-refractivity contribution in [2.45, 2.75) is 31.6 Å². The number of benzene rings is 6. The summed E-state index contributed by atoms with van der Waals surface area (Å²) in [6.07, 6.45) is 2.50. The van der Waals surface area contributed by atoms with E-state index < -0.39 is 0 Å². The minimum atomic E-state index is 0.539. The van der Waals surface area contributed by atoms with Gasteiger partial charge in [-0.15, -0.1) is 0 Å². The molecule has 0 radical (unpaired) electrons. The van der Waals surface area contributed by atoms with Crippen molar-refractivity contribution in [3.8, 4) is 0 Å². The van der Waals surface area contributed by atoms with Crippen LogP contribution in [0.15, 0.2) is 109 Å². The van der Waals surface area contributed by atoms with Gasteiger partial charge in [-0.3, -0.25) is 0 Å². The molecule has 0 aliphatic heterocycles. The van der Waals surface area contributed by atoms with E-state index in [4.69, 9.17) is 0 Å². The van der Waals surface area contributed by atoms with Crippen molar-refractivity contribution in [3.63, 3.8) is 0 Å². The fourth-order valence-electron chi connectivity index (χ4n) is 6.76. The normalized spacial score (nSPS) is 20.6. The molecule has 0 spiro atoms. The standard InChI is InChI=1S/C34H28/c1-22-20-33(29-14-6-12-27-25-10-4-2-8-23(25)16-18-31(27)29)34(21-22)30-15-7-13-28-26-11-5-3-9-24(26)17-19-32(28)30/h2-19,22,33-34H,20-21H2,1H3. The molecule has 2 atom stereocenters. The Kier molecular flexibility index (Phi) is 4.49. The summed E-state index contributed by atoms with van der Waals surface area (Å²) >= 11 is 0. The maximum Gasteiger partial charge on any atom is -0.00841 e. The lowest BCUT2D eigenvalue weighted by molar-refractivity contribution is 0.595. The molecular weight excluding hydrogens is 408 g/mol. The summed E-state index contributed by atoms with van der Waals surface area (Å²) in [7, 11) is 0. The Hall–Kier alpha value is -3.64. The summed E-state index contributed by atoms with van der Waals surface area (Å²) < 4.78 is 0. The van der Waals surface area contributed by atoms with E-state index in [9.17, 15) is 0 Å². The van der Waals surface area contributed by atoms with Gasteiger partial charge in [-0.1, -0.05) is 116 Å². The lowest BCUT2D eigenvalue weighted by Crippen LogP contribution is -2.06. The smallest absolute Gasteiger partial charge is 0.00841 e. The number of hydrogen-bond acceptors (Lipinski definition) is 0. The topological polar surface area (TPSA) is 0 Å². The number of hydrogen-bond donors (Lipinski definition) is 0. The minimum absolute atomic E-state index is 0.539. The Bertz CT molecular complexity index is 1560. The first-order valence-corrected chi connectivity index (χ1v) is 12.6. The summed E-state index contributed by atoms with van der Waals surface area (Å²) in [6, 6.07) is 40.9. The molecule has 7 rings (SSSR count). The first-order valence-electron chi connectivity index (χ1n) is 12.6.